The van der Waals surface area contributed by atoms with Crippen molar-refractivity contribution in [3.63, 3.8) is 0 Å². The van der Waals surface area contributed by atoms with E-state index in [1.165, 1.54) is 5.56 Å². The standard InChI is InChI=1S/C13H18O/c1-11(2)5-3-4-6-12-7-9-13(14)10-8-12/h3,5,7-11,14H,4,6H2,1-2H3. The van der Waals surface area contributed by atoms with Gasteiger partial charge in [-0.15, -0.1) is 0 Å². The summed E-state index contributed by atoms with van der Waals surface area (Å²) < 4.78 is 0. The van der Waals surface area contributed by atoms with Crippen LogP contribution in [0.3, 0.4) is 0 Å². The smallest absolute Gasteiger partial charge is 0.115 e. The summed E-state index contributed by atoms with van der Waals surface area (Å²) in [4.78, 5) is 0. The van der Waals surface area contributed by atoms with Gasteiger partial charge >= 0.3 is 0 Å². The Morgan fingerprint density at radius 1 is 1.21 bits per heavy atom. The van der Waals surface area contributed by atoms with E-state index >= 15 is 0 Å². The van der Waals surface area contributed by atoms with E-state index in [0.717, 1.165) is 12.8 Å². The van der Waals surface area contributed by atoms with Gasteiger partial charge in [-0.3, -0.25) is 0 Å². The minimum absolute atomic E-state index is 0.339. The average molecular weight is 190 g/mol. The summed E-state index contributed by atoms with van der Waals surface area (Å²) in [6.07, 6.45) is 6.56. The molecule has 1 rings (SSSR count). The molecule has 0 fully saturated rings. The van der Waals surface area contributed by atoms with Gasteiger partial charge < -0.3 is 5.11 Å². The SMILES string of the molecule is CC(C)C=CCCc1ccc(O)cc1. The number of hydrogen-bond donors (Lipinski definition) is 1. The largest absolute Gasteiger partial charge is 0.508 e. The maximum Gasteiger partial charge on any atom is 0.115 e. The fourth-order valence-corrected chi connectivity index (χ4v) is 1.28. The minimum atomic E-state index is 0.339. The van der Waals surface area contributed by atoms with Crippen LogP contribution in [0.1, 0.15) is 25.8 Å². The van der Waals surface area contributed by atoms with E-state index < -0.39 is 0 Å². The molecule has 0 unspecified atom stereocenters. The summed E-state index contributed by atoms with van der Waals surface area (Å²) in [6, 6.07) is 7.42. The Morgan fingerprint density at radius 2 is 1.86 bits per heavy atom. The Morgan fingerprint density at radius 3 is 2.43 bits per heavy atom. The molecule has 0 aliphatic carbocycles. The van der Waals surface area contributed by atoms with Crippen molar-refractivity contribution in [1.82, 2.24) is 0 Å². The number of allylic oxidation sites excluding steroid dienone is 2. The second kappa shape index (κ2) is 5.48. The molecule has 76 valence electrons. The molecule has 0 saturated carbocycles. The monoisotopic (exact) mass is 190 g/mol. The lowest BCUT2D eigenvalue weighted by Gasteiger charge is -1.98. The van der Waals surface area contributed by atoms with Crippen LogP contribution >= 0.6 is 0 Å². The van der Waals surface area contributed by atoms with Gasteiger partial charge in [-0.05, 0) is 36.5 Å². The van der Waals surface area contributed by atoms with Crippen LogP contribution in [-0.4, -0.2) is 5.11 Å². The maximum absolute atomic E-state index is 9.09. The molecule has 1 heteroatoms. The summed E-state index contributed by atoms with van der Waals surface area (Å²) in [7, 11) is 0. The van der Waals surface area contributed by atoms with E-state index in [-0.39, 0.29) is 0 Å². The highest BCUT2D eigenvalue weighted by Gasteiger charge is 1.91. The molecule has 1 nitrogen and oxygen atoms in total. The van der Waals surface area contributed by atoms with Crippen molar-refractivity contribution in [2.75, 3.05) is 0 Å². The molecule has 0 spiro atoms. The number of aryl methyl sites for hydroxylation is 1. The lowest BCUT2D eigenvalue weighted by Crippen LogP contribution is -1.83. The Balaban J connectivity index is 2.35. The molecule has 0 saturated heterocycles. The number of hydrogen-bond acceptors (Lipinski definition) is 1. The van der Waals surface area contributed by atoms with Crippen molar-refractivity contribution in [3.8, 4) is 5.75 Å². The third kappa shape index (κ3) is 4.13. The van der Waals surface area contributed by atoms with Crippen molar-refractivity contribution >= 4 is 0 Å². The van der Waals surface area contributed by atoms with Crippen molar-refractivity contribution in [2.45, 2.75) is 26.7 Å². The zero-order valence-electron chi connectivity index (χ0n) is 8.90. The van der Waals surface area contributed by atoms with Crippen molar-refractivity contribution in [3.05, 3.63) is 42.0 Å². The molecule has 0 aromatic heterocycles. The summed E-state index contributed by atoms with van der Waals surface area (Å²) >= 11 is 0. The Bertz CT molecular complexity index is 283. The molecule has 1 N–H and O–H groups in total. The van der Waals surface area contributed by atoms with E-state index in [2.05, 4.69) is 26.0 Å². The van der Waals surface area contributed by atoms with Crippen LogP contribution in [0.4, 0.5) is 0 Å². The molecule has 14 heavy (non-hydrogen) atoms. The molecule has 1 aromatic rings. The molecule has 0 aliphatic heterocycles. The van der Waals surface area contributed by atoms with Crippen LogP contribution in [0.25, 0.3) is 0 Å². The number of aromatic hydroxyl groups is 1. The van der Waals surface area contributed by atoms with E-state index in [4.69, 9.17) is 5.11 Å². The first-order valence-electron chi connectivity index (χ1n) is 5.13. The molecule has 1 aromatic carbocycles. The minimum Gasteiger partial charge on any atom is -0.508 e. The van der Waals surface area contributed by atoms with Gasteiger partial charge in [0.15, 0.2) is 0 Å². The van der Waals surface area contributed by atoms with Crippen LogP contribution < -0.4 is 0 Å². The van der Waals surface area contributed by atoms with Gasteiger partial charge in [0.1, 0.15) is 5.75 Å². The van der Waals surface area contributed by atoms with Crippen molar-refractivity contribution in [1.29, 1.82) is 0 Å². The molecule has 0 radical (unpaired) electrons. The van der Waals surface area contributed by atoms with Crippen LogP contribution in [0.15, 0.2) is 36.4 Å². The van der Waals surface area contributed by atoms with Gasteiger partial charge in [0.25, 0.3) is 0 Å². The summed E-state index contributed by atoms with van der Waals surface area (Å²) in [5.74, 6) is 0.973. The lowest BCUT2D eigenvalue weighted by atomic mass is 10.1. The number of phenols is 1. The topological polar surface area (TPSA) is 20.2 Å². The molecule has 0 aliphatic rings. The van der Waals surface area contributed by atoms with Gasteiger partial charge in [-0.25, -0.2) is 0 Å². The van der Waals surface area contributed by atoms with Crippen molar-refractivity contribution < 1.29 is 5.11 Å². The van der Waals surface area contributed by atoms with E-state index in [1.807, 2.05) is 12.1 Å². The molecule has 0 atom stereocenters. The highest BCUT2D eigenvalue weighted by Crippen LogP contribution is 2.11. The van der Waals surface area contributed by atoms with Gasteiger partial charge in [0.05, 0.1) is 0 Å². The predicted octanol–water partition coefficient (Wildman–Crippen LogP) is 3.54. The molecular formula is C13H18O. The van der Waals surface area contributed by atoms with Gasteiger partial charge in [0, 0.05) is 0 Å². The maximum atomic E-state index is 9.09. The predicted molar refractivity (Wildman–Crippen MR) is 60.4 cm³/mol. The summed E-state index contributed by atoms with van der Waals surface area (Å²) in [5, 5.41) is 9.09. The number of rotatable bonds is 4. The normalized spacial score (nSPS) is 11.4. The van der Waals surface area contributed by atoms with Gasteiger partial charge in [-0.2, -0.15) is 0 Å². The Hall–Kier alpha value is -1.24. The van der Waals surface area contributed by atoms with Crippen molar-refractivity contribution in [2.24, 2.45) is 5.92 Å². The first-order chi connectivity index (χ1) is 6.68. The summed E-state index contributed by atoms with van der Waals surface area (Å²) in [6.45, 7) is 4.36. The van der Waals surface area contributed by atoms with E-state index in [0.29, 0.717) is 11.7 Å². The van der Waals surface area contributed by atoms with Crippen LogP contribution in [0.2, 0.25) is 0 Å². The number of benzene rings is 1. The summed E-state index contributed by atoms with van der Waals surface area (Å²) in [5.41, 5.74) is 1.27. The first kappa shape index (κ1) is 10.8. The zero-order valence-corrected chi connectivity index (χ0v) is 8.90. The fourth-order valence-electron chi connectivity index (χ4n) is 1.28. The first-order valence-corrected chi connectivity index (χ1v) is 5.13. The fraction of sp³-hybridized carbons (Fsp3) is 0.385. The second-order valence-corrected chi connectivity index (χ2v) is 3.88. The van der Waals surface area contributed by atoms with E-state index in [1.54, 1.807) is 12.1 Å². The highest BCUT2D eigenvalue weighted by molar-refractivity contribution is 5.26. The zero-order chi connectivity index (χ0) is 10.4. The number of phenolic OH excluding ortho intramolecular Hbond substituents is 1. The Kier molecular flexibility index (Phi) is 4.24. The highest BCUT2D eigenvalue weighted by atomic mass is 16.3. The second-order valence-electron chi connectivity index (χ2n) is 3.88. The molecule has 0 heterocycles. The van der Waals surface area contributed by atoms with Crippen LogP contribution in [0, 0.1) is 5.92 Å². The third-order valence-corrected chi connectivity index (χ3v) is 2.06. The van der Waals surface area contributed by atoms with Gasteiger partial charge in [-0.1, -0.05) is 38.1 Å². The Labute approximate surface area is 86.1 Å². The average Bonchev–Trinajstić information content (AvgIpc) is 2.15. The molecule has 0 amide bonds. The van der Waals surface area contributed by atoms with Crippen LogP contribution in [0.5, 0.6) is 5.75 Å². The molecular weight excluding hydrogens is 172 g/mol. The van der Waals surface area contributed by atoms with Crippen LogP contribution in [-0.2, 0) is 6.42 Å². The molecule has 0 bridgehead atoms. The van der Waals surface area contributed by atoms with E-state index in [9.17, 15) is 0 Å². The quantitative estimate of drug-likeness (QED) is 0.720. The van der Waals surface area contributed by atoms with Gasteiger partial charge in [0.2, 0.25) is 0 Å². The lowest BCUT2D eigenvalue weighted by molar-refractivity contribution is 0.475. The third-order valence-electron chi connectivity index (χ3n) is 2.06.